The highest BCUT2D eigenvalue weighted by molar-refractivity contribution is 5.70. The van der Waals surface area contributed by atoms with Gasteiger partial charge in [0.05, 0.1) is 11.7 Å². The molecule has 10 heteroatoms. The highest BCUT2D eigenvalue weighted by atomic mass is 19.1. The molecule has 2 heterocycles. The number of carbonyl (C=O) groups excluding carboxylic acids is 2. The van der Waals surface area contributed by atoms with Gasteiger partial charge in [-0.1, -0.05) is 60.7 Å². The first kappa shape index (κ1) is 29.8. The van der Waals surface area contributed by atoms with E-state index < -0.39 is 35.5 Å². The van der Waals surface area contributed by atoms with Crippen molar-refractivity contribution in [3.8, 4) is 11.3 Å². The summed E-state index contributed by atoms with van der Waals surface area (Å²) in [5.41, 5.74) is 1.29. The zero-order chi connectivity index (χ0) is 30.6. The minimum absolute atomic E-state index is 0.00352. The molecule has 0 radical (unpaired) electrons. The van der Waals surface area contributed by atoms with Crippen LogP contribution in [-0.2, 0) is 22.6 Å². The minimum Gasteiger partial charge on any atom is -0.445 e. The van der Waals surface area contributed by atoms with E-state index in [0.717, 1.165) is 29.3 Å². The van der Waals surface area contributed by atoms with E-state index in [-0.39, 0.29) is 36.9 Å². The molecule has 0 bridgehead atoms. The normalized spacial score (nSPS) is 14.1. The number of ether oxygens (including phenoxy) is 2. The van der Waals surface area contributed by atoms with Gasteiger partial charge in [0.15, 0.2) is 0 Å². The Labute approximate surface area is 249 Å². The molecular formula is C33H34F2N4O4. The lowest BCUT2D eigenvalue weighted by atomic mass is 9.91. The van der Waals surface area contributed by atoms with Crippen LogP contribution in [0.2, 0.25) is 0 Å². The van der Waals surface area contributed by atoms with Gasteiger partial charge < -0.3 is 24.3 Å². The smallest absolute Gasteiger partial charge is 0.410 e. The maximum Gasteiger partial charge on any atom is 0.410 e. The van der Waals surface area contributed by atoms with Crippen LogP contribution in [-0.4, -0.2) is 45.3 Å². The molecule has 1 fully saturated rings. The summed E-state index contributed by atoms with van der Waals surface area (Å²) in [4.78, 5) is 32.1. The van der Waals surface area contributed by atoms with Crippen LogP contribution < -0.4 is 5.32 Å². The van der Waals surface area contributed by atoms with E-state index in [4.69, 9.17) is 14.5 Å². The molecule has 5 rings (SSSR count). The van der Waals surface area contributed by atoms with Crippen molar-refractivity contribution in [3.63, 3.8) is 0 Å². The van der Waals surface area contributed by atoms with Crippen molar-refractivity contribution in [2.45, 2.75) is 45.6 Å². The van der Waals surface area contributed by atoms with Crippen LogP contribution in [0.4, 0.5) is 18.4 Å². The lowest BCUT2D eigenvalue weighted by Gasteiger charge is -2.42. The molecule has 3 aromatic carbocycles. The van der Waals surface area contributed by atoms with Crippen molar-refractivity contribution in [1.82, 2.24) is 19.8 Å². The Balaban J connectivity index is 1.44. The number of hydrogen-bond acceptors (Lipinski definition) is 5. The second-order valence-electron chi connectivity index (χ2n) is 11.6. The average molecular weight is 589 g/mol. The van der Waals surface area contributed by atoms with Crippen LogP contribution in [0.15, 0.2) is 85.1 Å². The number of hydrogen-bond donors (Lipinski definition) is 1. The third kappa shape index (κ3) is 7.57. The molecule has 1 aliphatic heterocycles. The molecule has 0 unspecified atom stereocenters. The maximum absolute atomic E-state index is 14.8. The minimum atomic E-state index is -0.753. The predicted molar refractivity (Wildman–Crippen MR) is 157 cm³/mol. The van der Waals surface area contributed by atoms with E-state index in [1.54, 1.807) is 31.9 Å². The summed E-state index contributed by atoms with van der Waals surface area (Å²) in [6.07, 6.45) is 0.524. The number of nitrogens with one attached hydrogen (secondary N) is 1. The van der Waals surface area contributed by atoms with Crippen molar-refractivity contribution in [2.24, 2.45) is 5.92 Å². The van der Waals surface area contributed by atoms with Crippen LogP contribution in [0.25, 0.3) is 11.3 Å². The van der Waals surface area contributed by atoms with Gasteiger partial charge in [-0.05, 0) is 50.1 Å². The van der Waals surface area contributed by atoms with Crippen molar-refractivity contribution >= 4 is 12.2 Å². The molecular weight excluding hydrogens is 554 g/mol. The highest BCUT2D eigenvalue weighted by Crippen LogP contribution is 2.33. The Morgan fingerprint density at radius 1 is 0.977 bits per heavy atom. The molecule has 1 aromatic heterocycles. The van der Waals surface area contributed by atoms with Crippen LogP contribution in [0.3, 0.4) is 0 Å². The summed E-state index contributed by atoms with van der Waals surface area (Å²) >= 11 is 0. The summed E-state index contributed by atoms with van der Waals surface area (Å²) in [6.45, 7) is 6.36. The van der Waals surface area contributed by atoms with Gasteiger partial charge in [0.2, 0.25) is 0 Å². The van der Waals surface area contributed by atoms with Crippen LogP contribution in [0.1, 0.15) is 43.8 Å². The molecule has 1 N–H and O–H groups in total. The van der Waals surface area contributed by atoms with E-state index in [2.05, 4.69) is 5.32 Å². The number of rotatable bonds is 8. The zero-order valence-corrected chi connectivity index (χ0v) is 24.3. The van der Waals surface area contributed by atoms with Gasteiger partial charge in [0.1, 0.15) is 29.7 Å². The molecule has 1 saturated heterocycles. The number of nitrogens with zero attached hydrogens (tertiary/aromatic N) is 3. The first-order valence-corrected chi connectivity index (χ1v) is 14.1. The largest absolute Gasteiger partial charge is 0.445 e. The van der Waals surface area contributed by atoms with Gasteiger partial charge in [0, 0.05) is 37.3 Å². The van der Waals surface area contributed by atoms with Gasteiger partial charge in [-0.3, -0.25) is 0 Å². The van der Waals surface area contributed by atoms with Crippen LogP contribution in [0.5, 0.6) is 0 Å². The molecule has 8 nitrogen and oxygen atoms in total. The topological polar surface area (TPSA) is 85.7 Å². The SMILES string of the molecule is CC(C)(C)OC(=O)N[C@@H](c1nc(-c2cc(F)ccc2F)cn1Cc1ccccc1)C1CN(C(=O)OCc2ccccc2)C1. The number of likely N-dealkylation sites (tertiary alicyclic amines) is 1. The van der Waals surface area contributed by atoms with Gasteiger partial charge in [-0.2, -0.15) is 0 Å². The van der Waals surface area contributed by atoms with Gasteiger partial charge in [-0.15, -0.1) is 0 Å². The molecule has 224 valence electrons. The summed E-state index contributed by atoms with van der Waals surface area (Å²) < 4.78 is 41.8. The average Bonchev–Trinajstić information content (AvgIpc) is 3.35. The Morgan fingerprint density at radius 2 is 1.63 bits per heavy atom. The van der Waals surface area contributed by atoms with E-state index >= 15 is 0 Å². The lowest BCUT2D eigenvalue weighted by molar-refractivity contribution is 0.0254. The first-order chi connectivity index (χ1) is 20.6. The number of benzene rings is 3. The van der Waals surface area contributed by atoms with Crippen molar-refractivity contribution in [3.05, 3.63) is 114 Å². The van der Waals surface area contributed by atoms with Crippen molar-refractivity contribution < 1.29 is 27.8 Å². The first-order valence-electron chi connectivity index (χ1n) is 14.1. The third-order valence-electron chi connectivity index (χ3n) is 7.00. The Morgan fingerprint density at radius 3 is 2.28 bits per heavy atom. The van der Waals surface area contributed by atoms with E-state index in [0.29, 0.717) is 12.4 Å². The fourth-order valence-corrected chi connectivity index (χ4v) is 4.92. The monoisotopic (exact) mass is 588 g/mol. The van der Waals surface area contributed by atoms with Crippen LogP contribution in [0, 0.1) is 17.6 Å². The van der Waals surface area contributed by atoms with E-state index in [9.17, 15) is 18.4 Å². The Hall–Kier alpha value is -4.73. The molecule has 43 heavy (non-hydrogen) atoms. The van der Waals surface area contributed by atoms with Gasteiger partial charge in [-0.25, -0.2) is 23.4 Å². The summed E-state index contributed by atoms with van der Waals surface area (Å²) in [5.74, 6) is -1.04. The van der Waals surface area contributed by atoms with Crippen molar-refractivity contribution in [2.75, 3.05) is 13.1 Å². The second kappa shape index (κ2) is 12.6. The van der Waals surface area contributed by atoms with E-state index in [1.165, 1.54) is 0 Å². The molecule has 1 atom stereocenters. The second-order valence-corrected chi connectivity index (χ2v) is 11.6. The predicted octanol–water partition coefficient (Wildman–Crippen LogP) is 6.71. The number of alkyl carbamates (subject to hydrolysis) is 1. The molecule has 0 aliphatic carbocycles. The highest BCUT2D eigenvalue weighted by Gasteiger charge is 2.41. The number of carbonyl (C=O) groups is 2. The third-order valence-corrected chi connectivity index (χ3v) is 7.00. The summed E-state index contributed by atoms with van der Waals surface area (Å²) in [7, 11) is 0. The molecule has 4 aromatic rings. The standard InChI is InChI=1S/C33H34F2N4O4/c1-33(2,3)43-31(40)37-29(24-18-39(19-24)32(41)42-21-23-12-8-5-9-13-23)30-36-28(26-16-25(34)14-15-27(26)35)20-38(30)17-22-10-6-4-7-11-22/h4-16,20,24,29H,17-19,21H2,1-3H3,(H,37,40)/t29-/m1/s1. The van der Waals surface area contributed by atoms with Gasteiger partial charge >= 0.3 is 12.2 Å². The molecule has 0 saturated carbocycles. The quantitative estimate of drug-likeness (QED) is 0.247. The Kier molecular flexibility index (Phi) is 8.75. The number of amides is 2. The fraction of sp³-hybridized carbons (Fsp3) is 0.303. The maximum atomic E-state index is 14.8. The molecule has 2 amide bonds. The number of aromatic nitrogens is 2. The number of halogens is 2. The summed E-state index contributed by atoms with van der Waals surface area (Å²) in [6, 6.07) is 21.5. The summed E-state index contributed by atoms with van der Waals surface area (Å²) in [5, 5.41) is 2.94. The zero-order valence-electron chi connectivity index (χ0n) is 24.3. The number of imidazole rings is 1. The van der Waals surface area contributed by atoms with Crippen molar-refractivity contribution in [1.29, 1.82) is 0 Å². The van der Waals surface area contributed by atoms with E-state index in [1.807, 2.05) is 65.2 Å². The lowest BCUT2D eigenvalue weighted by Crippen LogP contribution is -2.55. The van der Waals surface area contributed by atoms with Gasteiger partial charge in [0.25, 0.3) is 0 Å². The fourth-order valence-electron chi connectivity index (χ4n) is 4.92. The molecule has 1 aliphatic rings. The van der Waals surface area contributed by atoms with Crippen LogP contribution >= 0.6 is 0 Å². The Bertz CT molecular complexity index is 1570. The molecule has 0 spiro atoms.